The van der Waals surface area contributed by atoms with Gasteiger partial charge in [0.25, 0.3) is 0 Å². The molecule has 0 aromatic carbocycles. The number of aromatic nitrogens is 1. The molecule has 2 rings (SSSR count). The van der Waals surface area contributed by atoms with Crippen molar-refractivity contribution in [2.24, 2.45) is 0 Å². The van der Waals surface area contributed by atoms with Crippen LogP contribution in [-0.4, -0.2) is 0 Å². The summed E-state index contributed by atoms with van der Waals surface area (Å²) < 4.78 is 2.17. The summed E-state index contributed by atoms with van der Waals surface area (Å²) in [6.45, 7) is 6.27. The number of pyridine rings is 1. The van der Waals surface area contributed by atoms with Crippen molar-refractivity contribution in [3.05, 3.63) is 34.1 Å². The Morgan fingerprint density at radius 3 is 2.71 bits per heavy atom. The van der Waals surface area contributed by atoms with E-state index in [0.717, 1.165) is 15.7 Å². The van der Waals surface area contributed by atoms with Gasteiger partial charge in [-0.2, -0.15) is 4.73 Å². The van der Waals surface area contributed by atoms with Gasteiger partial charge in [-0.05, 0) is 23.8 Å². The molecule has 0 spiro atoms. The summed E-state index contributed by atoms with van der Waals surface area (Å²) in [5, 5.41) is 14.6. The number of nitrogens with zero attached hydrogens (tertiary/aromatic N) is 1. The van der Waals surface area contributed by atoms with E-state index in [4.69, 9.17) is 0 Å². The lowest BCUT2D eigenvalue weighted by Crippen LogP contribution is -2.25. The predicted molar refractivity (Wildman–Crippen MR) is 59.6 cm³/mol. The molecule has 0 aliphatic carbocycles. The van der Waals surface area contributed by atoms with Crippen LogP contribution in [-0.2, 0) is 0 Å². The van der Waals surface area contributed by atoms with Crippen LogP contribution >= 0.6 is 11.3 Å². The molecule has 0 radical (unpaired) electrons. The van der Waals surface area contributed by atoms with Crippen molar-refractivity contribution < 1.29 is 4.73 Å². The maximum Gasteiger partial charge on any atom is 0.189 e. The standard InChI is InChI=1S/C11H13NOS/c1-7(2)9-4-12(13)5-10-8(3)6-14-11(9)10/h4-7H,1-3H3. The first-order chi connectivity index (χ1) is 6.59. The molecule has 0 aliphatic rings. The van der Waals surface area contributed by atoms with Gasteiger partial charge in [0.1, 0.15) is 0 Å². The summed E-state index contributed by atoms with van der Waals surface area (Å²) in [6, 6.07) is 0. The molecule has 0 atom stereocenters. The van der Waals surface area contributed by atoms with Crippen molar-refractivity contribution in [3.63, 3.8) is 0 Å². The highest BCUT2D eigenvalue weighted by molar-refractivity contribution is 7.17. The lowest BCUT2D eigenvalue weighted by molar-refractivity contribution is -0.604. The van der Waals surface area contributed by atoms with Crippen molar-refractivity contribution in [1.29, 1.82) is 0 Å². The van der Waals surface area contributed by atoms with Crippen LogP contribution in [0.15, 0.2) is 17.8 Å². The van der Waals surface area contributed by atoms with Gasteiger partial charge in [0.05, 0.1) is 10.1 Å². The lowest BCUT2D eigenvalue weighted by Gasteiger charge is -2.06. The Morgan fingerprint density at radius 2 is 2.07 bits per heavy atom. The van der Waals surface area contributed by atoms with Crippen molar-refractivity contribution in [2.45, 2.75) is 26.7 Å². The minimum Gasteiger partial charge on any atom is -0.619 e. The van der Waals surface area contributed by atoms with Gasteiger partial charge in [-0.1, -0.05) is 13.8 Å². The van der Waals surface area contributed by atoms with Crippen LogP contribution in [0.3, 0.4) is 0 Å². The highest BCUT2D eigenvalue weighted by atomic mass is 32.1. The SMILES string of the molecule is Cc1csc2c(C(C)C)c[n+]([O-])cc12. The Morgan fingerprint density at radius 1 is 1.36 bits per heavy atom. The summed E-state index contributed by atoms with van der Waals surface area (Å²) in [6.07, 6.45) is 3.34. The highest BCUT2D eigenvalue weighted by Gasteiger charge is 2.13. The number of fused-ring (bicyclic) bond motifs is 1. The van der Waals surface area contributed by atoms with Crippen molar-refractivity contribution in [2.75, 3.05) is 0 Å². The second-order valence-electron chi connectivity index (χ2n) is 3.89. The van der Waals surface area contributed by atoms with Crippen LogP contribution in [0.1, 0.15) is 30.9 Å². The molecule has 0 aliphatic heterocycles. The van der Waals surface area contributed by atoms with Gasteiger partial charge in [0, 0.05) is 5.56 Å². The third-order valence-electron chi connectivity index (χ3n) is 2.43. The Bertz CT molecular complexity index is 473. The quantitative estimate of drug-likeness (QED) is 0.521. The molecule has 0 amide bonds. The number of thiophene rings is 1. The van der Waals surface area contributed by atoms with Crippen molar-refractivity contribution in [3.8, 4) is 0 Å². The third-order valence-corrected chi connectivity index (χ3v) is 3.59. The minimum atomic E-state index is 0.400. The number of rotatable bonds is 1. The van der Waals surface area contributed by atoms with Gasteiger partial charge in [-0.25, -0.2) is 0 Å². The zero-order valence-corrected chi connectivity index (χ0v) is 9.39. The first-order valence-corrected chi connectivity index (χ1v) is 5.58. The fourth-order valence-corrected chi connectivity index (χ4v) is 2.80. The lowest BCUT2D eigenvalue weighted by atomic mass is 10.0. The van der Waals surface area contributed by atoms with E-state index >= 15 is 0 Å². The Kier molecular flexibility index (Phi) is 2.19. The Labute approximate surface area is 87.4 Å². The average molecular weight is 207 g/mol. The van der Waals surface area contributed by atoms with Crippen LogP contribution in [0, 0.1) is 12.1 Å². The molecule has 2 aromatic rings. The topological polar surface area (TPSA) is 26.9 Å². The molecule has 2 aromatic heterocycles. The van der Waals surface area contributed by atoms with E-state index in [-0.39, 0.29) is 0 Å². The third kappa shape index (κ3) is 1.38. The molecule has 3 heteroatoms. The van der Waals surface area contributed by atoms with Crippen molar-refractivity contribution in [1.82, 2.24) is 0 Å². The van der Waals surface area contributed by atoms with Crippen LogP contribution < -0.4 is 4.73 Å². The van der Waals surface area contributed by atoms with E-state index in [2.05, 4.69) is 19.2 Å². The zero-order chi connectivity index (χ0) is 10.3. The largest absolute Gasteiger partial charge is 0.619 e. The molecule has 0 saturated carbocycles. The molecular weight excluding hydrogens is 194 g/mol. The van der Waals surface area contributed by atoms with Gasteiger partial charge < -0.3 is 5.21 Å². The Hall–Kier alpha value is -1.09. The van der Waals surface area contributed by atoms with Gasteiger partial charge >= 0.3 is 0 Å². The van der Waals surface area contributed by atoms with Gasteiger partial charge in [-0.3, -0.25) is 0 Å². The normalized spacial score (nSPS) is 11.4. The van der Waals surface area contributed by atoms with E-state index in [0.29, 0.717) is 5.92 Å². The summed E-state index contributed by atoms with van der Waals surface area (Å²) in [7, 11) is 0. The van der Waals surface area contributed by atoms with Crippen LogP contribution in [0.25, 0.3) is 10.1 Å². The van der Waals surface area contributed by atoms with Crippen LogP contribution in [0.4, 0.5) is 0 Å². The number of hydrogen-bond donors (Lipinski definition) is 0. The maximum atomic E-state index is 11.4. The molecule has 0 N–H and O–H groups in total. The summed E-state index contributed by atoms with van der Waals surface area (Å²) in [5.74, 6) is 0.400. The van der Waals surface area contributed by atoms with Gasteiger partial charge in [0.15, 0.2) is 12.4 Å². The second kappa shape index (κ2) is 3.24. The van der Waals surface area contributed by atoms with E-state index in [9.17, 15) is 5.21 Å². The monoisotopic (exact) mass is 207 g/mol. The molecule has 0 bridgehead atoms. The molecule has 14 heavy (non-hydrogen) atoms. The van der Waals surface area contributed by atoms with Gasteiger partial charge in [-0.15, -0.1) is 11.3 Å². The van der Waals surface area contributed by atoms with E-state index < -0.39 is 0 Å². The summed E-state index contributed by atoms with van der Waals surface area (Å²) in [5.41, 5.74) is 2.34. The Balaban J connectivity index is 2.82. The molecule has 2 nitrogen and oxygen atoms in total. The molecular formula is C11H13NOS. The fourth-order valence-electron chi connectivity index (χ4n) is 1.61. The highest BCUT2D eigenvalue weighted by Crippen LogP contribution is 2.30. The van der Waals surface area contributed by atoms with E-state index in [1.54, 1.807) is 23.7 Å². The molecule has 0 fully saturated rings. The van der Waals surface area contributed by atoms with Gasteiger partial charge in [0.2, 0.25) is 0 Å². The first-order valence-electron chi connectivity index (χ1n) is 4.70. The second-order valence-corrected chi connectivity index (χ2v) is 4.77. The predicted octanol–water partition coefficient (Wildman–Crippen LogP) is 2.97. The molecule has 2 heterocycles. The van der Waals surface area contributed by atoms with E-state index in [1.165, 1.54) is 10.3 Å². The minimum absolute atomic E-state index is 0.400. The maximum absolute atomic E-state index is 11.4. The van der Waals surface area contributed by atoms with Crippen LogP contribution in [0.2, 0.25) is 0 Å². The van der Waals surface area contributed by atoms with Crippen molar-refractivity contribution >= 4 is 21.4 Å². The zero-order valence-electron chi connectivity index (χ0n) is 8.57. The smallest absolute Gasteiger partial charge is 0.189 e. The van der Waals surface area contributed by atoms with Crippen LogP contribution in [0.5, 0.6) is 0 Å². The molecule has 74 valence electrons. The molecule has 0 saturated heterocycles. The summed E-state index contributed by atoms with van der Waals surface area (Å²) in [4.78, 5) is 0. The first kappa shape index (κ1) is 9.46. The van der Waals surface area contributed by atoms with E-state index in [1.807, 2.05) is 6.92 Å². The average Bonchev–Trinajstić information content (AvgIpc) is 2.47. The molecule has 0 unspecified atom stereocenters. The fraction of sp³-hybridized carbons (Fsp3) is 0.364. The summed E-state index contributed by atoms with van der Waals surface area (Å²) >= 11 is 1.73. The number of hydrogen-bond acceptors (Lipinski definition) is 2. The number of aryl methyl sites for hydroxylation is 1.